The predicted octanol–water partition coefficient (Wildman–Crippen LogP) is 14.8. The summed E-state index contributed by atoms with van der Waals surface area (Å²) in [6.45, 7) is 7.59. The van der Waals surface area contributed by atoms with E-state index in [1.807, 2.05) is 6.08 Å². The van der Waals surface area contributed by atoms with E-state index >= 15 is 0 Å². The van der Waals surface area contributed by atoms with Gasteiger partial charge in [0, 0.05) is 19.4 Å². The zero-order valence-corrected chi connectivity index (χ0v) is 35.5. The molecule has 0 rings (SSSR count). The van der Waals surface area contributed by atoms with Crippen LogP contribution in [-0.4, -0.2) is 37.9 Å². The van der Waals surface area contributed by atoms with Crippen molar-refractivity contribution in [3.63, 3.8) is 0 Å². The van der Waals surface area contributed by atoms with Crippen molar-refractivity contribution < 1.29 is 23.8 Å². The fourth-order valence-corrected chi connectivity index (χ4v) is 5.95. The summed E-state index contributed by atoms with van der Waals surface area (Å²) in [6, 6.07) is 0. The summed E-state index contributed by atoms with van der Waals surface area (Å²) in [7, 11) is 0. The molecule has 0 aromatic heterocycles. The molecule has 310 valence electrons. The molecule has 54 heavy (non-hydrogen) atoms. The molecule has 1 unspecified atom stereocenters. The standard InChI is InChI=1S/C49H84O5/c1-4-7-10-13-16-18-20-22-23-24-25-26-27-28-29-31-34-36-39-42-48(50)53-46-47(54-49(51)43-40-37-33-15-12-9-6-3)45-52-44-41-38-35-32-30-21-19-17-14-11-8-5-2/h7,10,16,18,22-23,25-26,28-29,34,36,47H,4-6,8-9,11-15,17,19-21,24,27,30-33,35,37-46H2,1-3H3/b10-7-,18-16-,23-22-,26-25-,29-28-,36-34-. The Morgan fingerprint density at radius 3 is 1.30 bits per heavy atom. The molecule has 0 aliphatic rings. The number of ether oxygens (including phenoxy) is 3. The highest BCUT2D eigenvalue weighted by Crippen LogP contribution is 2.13. The van der Waals surface area contributed by atoms with E-state index in [4.69, 9.17) is 14.2 Å². The van der Waals surface area contributed by atoms with E-state index in [9.17, 15) is 9.59 Å². The first-order valence-corrected chi connectivity index (χ1v) is 22.5. The molecule has 0 aromatic rings. The highest BCUT2D eigenvalue weighted by atomic mass is 16.6. The molecule has 0 bridgehead atoms. The summed E-state index contributed by atoms with van der Waals surface area (Å²) in [5.41, 5.74) is 0. The van der Waals surface area contributed by atoms with E-state index in [1.54, 1.807) is 0 Å². The quantitative estimate of drug-likeness (QED) is 0.0354. The van der Waals surface area contributed by atoms with Crippen molar-refractivity contribution in [1.82, 2.24) is 0 Å². The molecular formula is C49H84O5. The Bertz CT molecular complexity index is 988. The van der Waals surface area contributed by atoms with Crippen LogP contribution in [-0.2, 0) is 23.8 Å². The second-order valence-electron chi connectivity index (χ2n) is 14.6. The Balaban J connectivity index is 4.28. The van der Waals surface area contributed by atoms with Crippen molar-refractivity contribution in [3.05, 3.63) is 72.9 Å². The second kappa shape index (κ2) is 44.7. The van der Waals surface area contributed by atoms with Crippen molar-refractivity contribution in [1.29, 1.82) is 0 Å². The number of hydrogen-bond acceptors (Lipinski definition) is 5. The average Bonchev–Trinajstić information content (AvgIpc) is 3.17. The summed E-state index contributed by atoms with van der Waals surface area (Å²) >= 11 is 0. The first-order chi connectivity index (χ1) is 26.6. The van der Waals surface area contributed by atoms with Gasteiger partial charge in [-0.15, -0.1) is 0 Å². The summed E-state index contributed by atoms with van der Waals surface area (Å²) in [6.07, 6.45) is 56.3. The smallest absolute Gasteiger partial charge is 0.306 e. The molecule has 0 saturated carbocycles. The van der Waals surface area contributed by atoms with Crippen LogP contribution in [0.1, 0.15) is 201 Å². The largest absolute Gasteiger partial charge is 0.462 e. The molecule has 0 amide bonds. The van der Waals surface area contributed by atoms with Crippen LogP contribution in [0, 0.1) is 0 Å². The molecule has 0 radical (unpaired) electrons. The second-order valence-corrected chi connectivity index (χ2v) is 14.6. The first kappa shape index (κ1) is 51.3. The van der Waals surface area contributed by atoms with E-state index in [2.05, 4.69) is 87.6 Å². The maximum Gasteiger partial charge on any atom is 0.306 e. The molecule has 0 heterocycles. The van der Waals surface area contributed by atoms with Gasteiger partial charge in [0.15, 0.2) is 6.10 Å². The maximum absolute atomic E-state index is 12.6. The number of carbonyl (C=O) groups excluding carboxylic acids is 2. The van der Waals surface area contributed by atoms with E-state index in [-0.39, 0.29) is 25.2 Å². The summed E-state index contributed by atoms with van der Waals surface area (Å²) in [4.78, 5) is 25.1. The van der Waals surface area contributed by atoms with E-state index < -0.39 is 6.10 Å². The molecule has 1 atom stereocenters. The van der Waals surface area contributed by atoms with Crippen LogP contribution in [0.15, 0.2) is 72.9 Å². The van der Waals surface area contributed by atoms with E-state index in [0.29, 0.717) is 25.9 Å². The van der Waals surface area contributed by atoms with Gasteiger partial charge < -0.3 is 14.2 Å². The highest BCUT2D eigenvalue weighted by molar-refractivity contribution is 5.70. The Morgan fingerprint density at radius 2 is 0.833 bits per heavy atom. The lowest BCUT2D eigenvalue weighted by molar-refractivity contribution is -0.162. The molecule has 0 saturated heterocycles. The third-order valence-corrected chi connectivity index (χ3v) is 9.27. The molecule has 0 fully saturated rings. The van der Waals surface area contributed by atoms with Crippen molar-refractivity contribution in [3.8, 4) is 0 Å². The van der Waals surface area contributed by atoms with Crippen LogP contribution < -0.4 is 0 Å². The number of unbranched alkanes of at least 4 members (excludes halogenated alkanes) is 17. The molecule has 0 aromatic carbocycles. The van der Waals surface area contributed by atoms with Gasteiger partial charge in [-0.25, -0.2) is 0 Å². The Hall–Kier alpha value is -2.66. The van der Waals surface area contributed by atoms with Gasteiger partial charge in [0.1, 0.15) is 6.61 Å². The fourth-order valence-electron chi connectivity index (χ4n) is 5.95. The van der Waals surface area contributed by atoms with Crippen LogP contribution in [0.3, 0.4) is 0 Å². The SMILES string of the molecule is CC/C=C\C/C=C\C/C=C\C/C=C\C/C=C\C/C=C\CCC(=O)OCC(COCCCCCCCCCCCCCC)OC(=O)CCCCCCCCC. The van der Waals surface area contributed by atoms with Crippen LogP contribution >= 0.6 is 0 Å². The van der Waals surface area contributed by atoms with Gasteiger partial charge in [0.25, 0.3) is 0 Å². The Morgan fingerprint density at radius 1 is 0.426 bits per heavy atom. The molecule has 0 aliphatic carbocycles. The zero-order chi connectivity index (χ0) is 39.3. The minimum Gasteiger partial charge on any atom is -0.462 e. The van der Waals surface area contributed by atoms with Crippen molar-refractivity contribution in [2.24, 2.45) is 0 Å². The van der Waals surface area contributed by atoms with Crippen LogP contribution in [0.2, 0.25) is 0 Å². The number of carbonyl (C=O) groups is 2. The van der Waals surface area contributed by atoms with Gasteiger partial charge in [0.2, 0.25) is 0 Å². The lowest BCUT2D eigenvalue weighted by atomic mass is 10.1. The maximum atomic E-state index is 12.6. The molecular weight excluding hydrogens is 669 g/mol. The Labute approximate surface area is 334 Å². The summed E-state index contributed by atoms with van der Waals surface area (Å²) in [5.74, 6) is -0.500. The lowest BCUT2D eigenvalue weighted by Gasteiger charge is -2.18. The summed E-state index contributed by atoms with van der Waals surface area (Å²) in [5, 5.41) is 0. The topological polar surface area (TPSA) is 61.8 Å². The number of rotatable bonds is 40. The van der Waals surface area contributed by atoms with Crippen LogP contribution in [0.25, 0.3) is 0 Å². The van der Waals surface area contributed by atoms with Crippen LogP contribution in [0.5, 0.6) is 0 Å². The minimum atomic E-state index is -0.561. The average molecular weight is 753 g/mol. The van der Waals surface area contributed by atoms with Crippen molar-refractivity contribution >= 4 is 11.9 Å². The van der Waals surface area contributed by atoms with E-state index in [1.165, 1.54) is 89.9 Å². The Kier molecular flexibility index (Phi) is 42.5. The zero-order valence-electron chi connectivity index (χ0n) is 35.5. The van der Waals surface area contributed by atoms with Gasteiger partial charge in [-0.3, -0.25) is 9.59 Å². The highest BCUT2D eigenvalue weighted by Gasteiger charge is 2.17. The van der Waals surface area contributed by atoms with Crippen molar-refractivity contribution in [2.75, 3.05) is 19.8 Å². The molecule has 5 heteroatoms. The van der Waals surface area contributed by atoms with Gasteiger partial charge >= 0.3 is 11.9 Å². The monoisotopic (exact) mass is 753 g/mol. The van der Waals surface area contributed by atoms with Crippen molar-refractivity contribution in [2.45, 2.75) is 207 Å². The number of allylic oxidation sites excluding steroid dienone is 12. The van der Waals surface area contributed by atoms with Gasteiger partial charge in [-0.1, -0.05) is 203 Å². The molecule has 0 N–H and O–H groups in total. The predicted molar refractivity (Wildman–Crippen MR) is 233 cm³/mol. The molecule has 5 nitrogen and oxygen atoms in total. The minimum absolute atomic E-state index is 0.0454. The van der Waals surface area contributed by atoms with Gasteiger partial charge in [-0.05, 0) is 57.8 Å². The number of esters is 2. The van der Waals surface area contributed by atoms with Gasteiger partial charge in [0.05, 0.1) is 6.61 Å². The molecule has 0 spiro atoms. The van der Waals surface area contributed by atoms with Crippen LogP contribution in [0.4, 0.5) is 0 Å². The van der Waals surface area contributed by atoms with Gasteiger partial charge in [-0.2, -0.15) is 0 Å². The summed E-state index contributed by atoms with van der Waals surface area (Å²) < 4.78 is 17.2. The van der Waals surface area contributed by atoms with E-state index in [0.717, 1.165) is 70.6 Å². The third kappa shape index (κ3) is 42.1. The lowest BCUT2D eigenvalue weighted by Crippen LogP contribution is -2.30. The third-order valence-electron chi connectivity index (χ3n) is 9.27. The number of hydrogen-bond donors (Lipinski definition) is 0. The fraction of sp³-hybridized carbons (Fsp3) is 0.714. The molecule has 0 aliphatic heterocycles. The normalized spacial score (nSPS) is 12.9. The first-order valence-electron chi connectivity index (χ1n) is 22.5.